The molecule has 198 valence electrons. The predicted octanol–water partition coefficient (Wildman–Crippen LogP) is 0.173. The van der Waals surface area contributed by atoms with Crippen molar-refractivity contribution in [2.45, 2.75) is 37.9 Å². The summed E-state index contributed by atoms with van der Waals surface area (Å²) in [6.07, 6.45) is 3.81. The molecule has 1 fully saturated rings. The number of rotatable bonds is 8. The van der Waals surface area contributed by atoms with Crippen LogP contribution in [0, 0.1) is 11.8 Å². The highest BCUT2D eigenvalue weighted by atomic mass is 16.3. The van der Waals surface area contributed by atoms with E-state index in [0.29, 0.717) is 23.8 Å². The molecule has 0 spiro atoms. The number of carbonyl (C=O) groups is 2. The summed E-state index contributed by atoms with van der Waals surface area (Å²) >= 11 is 0. The first-order chi connectivity index (χ1) is 17.6. The van der Waals surface area contributed by atoms with Gasteiger partial charge in [-0.15, -0.1) is 0 Å². The molecule has 1 aliphatic heterocycles. The monoisotopic (exact) mass is 509 g/mol. The van der Waals surface area contributed by atoms with Crippen molar-refractivity contribution < 1.29 is 14.7 Å². The number of amides is 2. The zero-order chi connectivity index (χ0) is 27.0. The number of anilines is 2. The number of aromatic nitrogens is 2. The summed E-state index contributed by atoms with van der Waals surface area (Å²) in [6.45, 7) is 3.83. The number of nitrogens with one attached hydrogen (secondary N) is 2. The Bertz CT molecular complexity index is 1200. The molecular formula is C26H35N7O4. The summed E-state index contributed by atoms with van der Waals surface area (Å²) in [5.41, 5.74) is 4.50. The van der Waals surface area contributed by atoms with Crippen LogP contribution in [-0.4, -0.2) is 88.2 Å². The van der Waals surface area contributed by atoms with Crippen LogP contribution < -0.4 is 22.1 Å². The Morgan fingerprint density at radius 2 is 1.78 bits per heavy atom. The van der Waals surface area contributed by atoms with E-state index in [1.807, 2.05) is 0 Å². The van der Waals surface area contributed by atoms with Crippen molar-refractivity contribution in [2.24, 2.45) is 5.73 Å². The molecule has 11 heteroatoms. The number of aliphatic hydroxyl groups excluding tert-OH is 1. The SMILES string of the molecule is CN(C)C1CCN(CC#CCn2ccc(NC(=O)c3ccc(NC(=O)[C@@](C)(N)CO)cc3)nc2=O)CC1. The third kappa shape index (κ3) is 7.96. The molecule has 1 aromatic carbocycles. The minimum absolute atomic E-state index is 0.127. The summed E-state index contributed by atoms with van der Waals surface area (Å²) in [4.78, 5) is 45.4. The smallest absolute Gasteiger partial charge is 0.350 e. The first-order valence-electron chi connectivity index (χ1n) is 12.1. The van der Waals surface area contributed by atoms with Crippen LogP contribution in [0.4, 0.5) is 11.5 Å². The highest BCUT2D eigenvalue weighted by molar-refractivity contribution is 6.04. The summed E-state index contributed by atoms with van der Waals surface area (Å²) in [6, 6.07) is 8.26. The molecule has 1 saturated heterocycles. The average Bonchev–Trinajstić information content (AvgIpc) is 2.88. The number of nitrogens with zero attached hydrogens (tertiary/aromatic N) is 4. The Balaban J connectivity index is 1.50. The maximum absolute atomic E-state index is 12.5. The minimum Gasteiger partial charge on any atom is -0.394 e. The van der Waals surface area contributed by atoms with Gasteiger partial charge in [0.05, 0.1) is 19.7 Å². The van der Waals surface area contributed by atoms with Gasteiger partial charge < -0.3 is 26.4 Å². The quantitative estimate of drug-likeness (QED) is 0.369. The van der Waals surface area contributed by atoms with Crippen molar-refractivity contribution in [3.8, 4) is 11.8 Å². The van der Waals surface area contributed by atoms with Crippen molar-refractivity contribution in [3.63, 3.8) is 0 Å². The van der Waals surface area contributed by atoms with Gasteiger partial charge in [-0.05, 0) is 64.2 Å². The van der Waals surface area contributed by atoms with E-state index < -0.39 is 29.6 Å². The lowest BCUT2D eigenvalue weighted by Crippen LogP contribution is -2.51. The molecule has 2 aromatic rings. The summed E-state index contributed by atoms with van der Waals surface area (Å²) < 4.78 is 1.38. The van der Waals surface area contributed by atoms with E-state index in [4.69, 9.17) is 5.73 Å². The van der Waals surface area contributed by atoms with Gasteiger partial charge in [0.25, 0.3) is 5.91 Å². The van der Waals surface area contributed by atoms with E-state index in [2.05, 4.69) is 51.4 Å². The number of nitrogens with two attached hydrogens (primary N) is 1. The van der Waals surface area contributed by atoms with Crippen LogP contribution in [0.3, 0.4) is 0 Å². The second-order valence-electron chi connectivity index (χ2n) is 9.61. The van der Waals surface area contributed by atoms with E-state index in [9.17, 15) is 19.5 Å². The van der Waals surface area contributed by atoms with Crippen LogP contribution in [0.25, 0.3) is 0 Å². The summed E-state index contributed by atoms with van der Waals surface area (Å²) in [5, 5.41) is 14.4. The van der Waals surface area contributed by atoms with E-state index in [1.54, 1.807) is 12.3 Å². The number of hydrogen-bond donors (Lipinski definition) is 4. The second-order valence-corrected chi connectivity index (χ2v) is 9.61. The van der Waals surface area contributed by atoms with E-state index in [-0.39, 0.29) is 12.4 Å². The molecule has 0 radical (unpaired) electrons. The van der Waals surface area contributed by atoms with Crippen molar-refractivity contribution in [3.05, 3.63) is 52.6 Å². The molecule has 1 atom stereocenters. The van der Waals surface area contributed by atoms with Crippen molar-refractivity contribution >= 4 is 23.3 Å². The largest absolute Gasteiger partial charge is 0.394 e. The van der Waals surface area contributed by atoms with Crippen molar-refractivity contribution in [1.29, 1.82) is 0 Å². The Labute approximate surface area is 216 Å². The Morgan fingerprint density at radius 1 is 1.14 bits per heavy atom. The zero-order valence-electron chi connectivity index (χ0n) is 21.5. The Kier molecular flexibility index (Phi) is 9.54. The van der Waals surface area contributed by atoms with Crippen molar-refractivity contribution in [2.75, 3.05) is 51.0 Å². The normalized spacial score (nSPS) is 15.9. The van der Waals surface area contributed by atoms with Gasteiger partial charge >= 0.3 is 5.69 Å². The summed E-state index contributed by atoms with van der Waals surface area (Å²) in [5.74, 6) is 5.27. The van der Waals surface area contributed by atoms with Crippen LogP contribution >= 0.6 is 0 Å². The third-order valence-corrected chi connectivity index (χ3v) is 6.33. The second kappa shape index (κ2) is 12.6. The first kappa shape index (κ1) is 28.0. The Hall–Kier alpha value is -3.56. The molecule has 2 heterocycles. The summed E-state index contributed by atoms with van der Waals surface area (Å²) in [7, 11) is 4.23. The molecule has 11 nitrogen and oxygen atoms in total. The minimum atomic E-state index is -1.42. The lowest BCUT2D eigenvalue weighted by atomic mass is 10.0. The van der Waals surface area contributed by atoms with Crippen molar-refractivity contribution in [1.82, 2.24) is 19.4 Å². The number of piperidine rings is 1. The van der Waals surface area contributed by atoms with Crippen LogP contribution in [0.5, 0.6) is 0 Å². The van der Waals surface area contributed by atoms with Crippen LogP contribution in [-0.2, 0) is 11.3 Å². The third-order valence-electron chi connectivity index (χ3n) is 6.33. The lowest BCUT2D eigenvalue weighted by Gasteiger charge is -2.34. The number of likely N-dealkylation sites (tertiary alicyclic amines) is 1. The standard InChI is InChI=1S/C26H35N7O4/c1-26(27,18-34)24(36)28-20-8-6-19(7-9-20)23(35)29-22-12-17-33(25(37)30-22)14-5-4-13-32-15-10-21(11-16-32)31(2)3/h6-9,12,17,21,34H,10-11,13-16,18,27H2,1-3H3,(H,28,36)(H,29,30,35,37)/t26-/m0/s1. The molecule has 0 saturated carbocycles. The van der Waals surface area contributed by atoms with Gasteiger partial charge in [-0.25, -0.2) is 4.79 Å². The number of carbonyl (C=O) groups excluding carboxylic acids is 2. The molecule has 3 rings (SSSR count). The Morgan fingerprint density at radius 3 is 2.38 bits per heavy atom. The maximum atomic E-state index is 12.5. The van der Waals surface area contributed by atoms with Gasteiger partial charge in [0.1, 0.15) is 11.4 Å². The van der Waals surface area contributed by atoms with E-state index in [1.165, 1.54) is 35.8 Å². The molecule has 0 aliphatic carbocycles. The fourth-order valence-corrected chi connectivity index (χ4v) is 3.76. The molecule has 2 amide bonds. The number of aliphatic hydroxyl groups is 1. The van der Waals surface area contributed by atoms with Gasteiger partial charge in [0.2, 0.25) is 5.91 Å². The highest BCUT2D eigenvalue weighted by Crippen LogP contribution is 2.14. The molecule has 5 N–H and O–H groups in total. The first-order valence-corrected chi connectivity index (χ1v) is 12.1. The van der Waals surface area contributed by atoms with Crippen LogP contribution in [0.15, 0.2) is 41.3 Å². The van der Waals surface area contributed by atoms with Gasteiger partial charge in [-0.3, -0.25) is 19.1 Å². The molecule has 37 heavy (non-hydrogen) atoms. The van der Waals surface area contributed by atoms with E-state index in [0.717, 1.165) is 25.9 Å². The molecule has 1 aliphatic rings. The number of hydrogen-bond acceptors (Lipinski definition) is 8. The van der Waals surface area contributed by atoms with Gasteiger partial charge in [-0.2, -0.15) is 4.98 Å². The number of benzene rings is 1. The van der Waals surface area contributed by atoms with Crippen LogP contribution in [0.1, 0.15) is 30.1 Å². The highest BCUT2D eigenvalue weighted by Gasteiger charge is 2.27. The van der Waals surface area contributed by atoms with Gasteiger partial charge in [0.15, 0.2) is 0 Å². The molecule has 0 unspecified atom stereocenters. The van der Waals surface area contributed by atoms with Gasteiger partial charge in [-0.1, -0.05) is 11.8 Å². The van der Waals surface area contributed by atoms with E-state index >= 15 is 0 Å². The fraction of sp³-hybridized carbons (Fsp3) is 0.462. The van der Waals surface area contributed by atoms with Crippen LogP contribution in [0.2, 0.25) is 0 Å². The fourth-order valence-electron chi connectivity index (χ4n) is 3.76. The maximum Gasteiger partial charge on any atom is 0.350 e. The zero-order valence-corrected chi connectivity index (χ0v) is 21.5. The van der Waals surface area contributed by atoms with Gasteiger partial charge in [0, 0.05) is 36.6 Å². The molecule has 0 bridgehead atoms. The average molecular weight is 510 g/mol. The molecular weight excluding hydrogens is 474 g/mol. The predicted molar refractivity (Wildman–Crippen MR) is 142 cm³/mol. The molecule has 1 aromatic heterocycles. The topological polar surface area (TPSA) is 146 Å². The lowest BCUT2D eigenvalue weighted by molar-refractivity contribution is -0.121.